The van der Waals surface area contributed by atoms with Crippen LogP contribution in [-0.2, 0) is 0 Å². The number of ketones is 1. The summed E-state index contributed by atoms with van der Waals surface area (Å²) in [7, 11) is 1.49. The minimum atomic E-state index is -0.0385. The summed E-state index contributed by atoms with van der Waals surface area (Å²) < 4.78 is 5.06. The predicted octanol–water partition coefficient (Wildman–Crippen LogP) is 7.23. The van der Waals surface area contributed by atoms with Gasteiger partial charge in [0.05, 0.1) is 12.7 Å². The summed E-state index contributed by atoms with van der Waals surface area (Å²) in [6.45, 7) is 2.25. The van der Waals surface area contributed by atoms with Crippen molar-refractivity contribution in [2.45, 2.75) is 90.4 Å². The van der Waals surface area contributed by atoms with Gasteiger partial charge < -0.3 is 9.84 Å². The molecule has 0 aromatic heterocycles. The maximum Gasteiger partial charge on any atom is 0.168 e. The molecule has 3 nitrogen and oxygen atoms in total. The Morgan fingerprint density at radius 3 is 2.15 bits per heavy atom. The molecular weight excluding hydrogens is 336 g/mol. The van der Waals surface area contributed by atoms with Crippen molar-refractivity contribution in [1.29, 1.82) is 0 Å². The molecule has 0 saturated carbocycles. The number of para-hydroxylation sites is 1. The third-order valence-electron chi connectivity index (χ3n) is 4.93. The number of hydrogen-bond donors (Lipinski definition) is 1. The smallest absolute Gasteiger partial charge is 0.168 e. The largest absolute Gasteiger partial charge is 0.504 e. The molecule has 0 saturated heterocycles. The number of hydrogen-bond acceptors (Lipinski definition) is 3. The van der Waals surface area contributed by atoms with Crippen LogP contribution in [0.2, 0.25) is 0 Å². The Bertz CT molecular complexity index is 549. The molecule has 0 aliphatic carbocycles. The SMILES string of the molecule is CCCCCC/C=C\CCCCCCCCC(=O)c1cccc(OC)c1O. The van der Waals surface area contributed by atoms with Crippen LogP contribution in [0.3, 0.4) is 0 Å². The first kappa shape index (κ1) is 23.3. The Morgan fingerprint density at radius 2 is 1.52 bits per heavy atom. The van der Waals surface area contributed by atoms with Crippen LogP contribution in [0.25, 0.3) is 0 Å². The Kier molecular flexibility index (Phi) is 13.2. The molecule has 0 bridgehead atoms. The van der Waals surface area contributed by atoms with Gasteiger partial charge in [-0.15, -0.1) is 0 Å². The van der Waals surface area contributed by atoms with Crippen LogP contribution in [0.4, 0.5) is 0 Å². The maximum absolute atomic E-state index is 12.2. The molecule has 0 aliphatic rings. The molecule has 0 fully saturated rings. The molecule has 3 heteroatoms. The monoisotopic (exact) mass is 374 g/mol. The second-order valence-corrected chi connectivity index (χ2v) is 7.26. The number of Topliss-reactive ketones (excluding diaryl/α,β-unsaturated/α-hetero) is 1. The molecular formula is C24H38O3. The second-order valence-electron chi connectivity index (χ2n) is 7.26. The maximum atomic E-state index is 12.2. The molecule has 0 atom stereocenters. The number of benzene rings is 1. The Labute approximate surface area is 165 Å². The zero-order valence-electron chi connectivity index (χ0n) is 17.3. The van der Waals surface area contributed by atoms with Gasteiger partial charge in [0, 0.05) is 6.42 Å². The van der Waals surface area contributed by atoms with Gasteiger partial charge >= 0.3 is 0 Å². The van der Waals surface area contributed by atoms with Crippen LogP contribution in [-0.4, -0.2) is 18.0 Å². The Balaban J connectivity index is 2.01. The normalized spacial score (nSPS) is 11.2. The summed E-state index contributed by atoms with van der Waals surface area (Å²) >= 11 is 0. The summed E-state index contributed by atoms with van der Waals surface area (Å²) in [6.07, 6.45) is 19.9. The van der Waals surface area contributed by atoms with Gasteiger partial charge in [0.25, 0.3) is 0 Å². The van der Waals surface area contributed by atoms with E-state index in [0.29, 0.717) is 17.7 Å². The minimum Gasteiger partial charge on any atom is -0.504 e. The lowest BCUT2D eigenvalue weighted by atomic mass is 10.0. The van der Waals surface area contributed by atoms with Gasteiger partial charge in [-0.3, -0.25) is 4.79 Å². The van der Waals surface area contributed by atoms with Gasteiger partial charge in [-0.1, -0.05) is 70.1 Å². The fourth-order valence-corrected chi connectivity index (χ4v) is 3.23. The molecule has 0 amide bonds. The number of unbranched alkanes of at least 4 members (excludes halogenated alkanes) is 10. The van der Waals surface area contributed by atoms with Crippen molar-refractivity contribution < 1.29 is 14.6 Å². The summed E-state index contributed by atoms with van der Waals surface area (Å²) in [4.78, 5) is 12.2. The quantitative estimate of drug-likeness (QED) is 0.188. The first-order valence-electron chi connectivity index (χ1n) is 10.7. The van der Waals surface area contributed by atoms with E-state index in [1.54, 1.807) is 18.2 Å². The van der Waals surface area contributed by atoms with Gasteiger partial charge in [-0.05, 0) is 44.2 Å². The van der Waals surface area contributed by atoms with Crippen molar-refractivity contribution in [2.75, 3.05) is 7.11 Å². The molecule has 152 valence electrons. The minimum absolute atomic E-state index is 0.00419. The highest BCUT2D eigenvalue weighted by molar-refractivity contribution is 5.99. The third kappa shape index (κ3) is 10.2. The lowest BCUT2D eigenvalue weighted by Gasteiger charge is -2.08. The van der Waals surface area contributed by atoms with Crippen molar-refractivity contribution in [3.05, 3.63) is 35.9 Å². The molecule has 1 aromatic rings. The van der Waals surface area contributed by atoms with Crippen molar-refractivity contribution in [3.8, 4) is 11.5 Å². The van der Waals surface area contributed by atoms with Crippen LogP contribution in [0.1, 0.15) is 101 Å². The number of phenolic OH excluding ortho intramolecular Hbond substituents is 1. The number of rotatable bonds is 16. The number of carbonyl (C=O) groups is 1. The number of phenols is 1. The van der Waals surface area contributed by atoms with Crippen LogP contribution >= 0.6 is 0 Å². The number of methoxy groups -OCH3 is 1. The van der Waals surface area contributed by atoms with E-state index in [2.05, 4.69) is 19.1 Å². The van der Waals surface area contributed by atoms with E-state index in [9.17, 15) is 9.90 Å². The first-order valence-corrected chi connectivity index (χ1v) is 10.7. The van der Waals surface area contributed by atoms with E-state index in [0.717, 1.165) is 12.8 Å². The summed E-state index contributed by atoms with van der Waals surface area (Å²) in [6, 6.07) is 5.07. The second kappa shape index (κ2) is 15.3. The molecule has 1 N–H and O–H groups in total. The predicted molar refractivity (Wildman–Crippen MR) is 114 cm³/mol. The average molecular weight is 375 g/mol. The lowest BCUT2D eigenvalue weighted by Crippen LogP contribution is -2.00. The van der Waals surface area contributed by atoms with Gasteiger partial charge in [0.1, 0.15) is 0 Å². The average Bonchev–Trinajstić information content (AvgIpc) is 2.68. The van der Waals surface area contributed by atoms with E-state index in [1.165, 1.54) is 71.3 Å². The van der Waals surface area contributed by atoms with Crippen LogP contribution in [0.15, 0.2) is 30.4 Å². The van der Waals surface area contributed by atoms with Crippen molar-refractivity contribution >= 4 is 5.78 Å². The van der Waals surface area contributed by atoms with Gasteiger partial charge in [0.2, 0.25) is 0 Å². The van der Waals surface area contributed by atoms with Gasteiger partial charge in [0.15, 0.2) is 17.3 Å². The van der Waals surface area contributed by atoms with Crippen molar-refractivity contribution in [1.82, 2.24) is 0 Å². The van der Waals surface area contributed by atoms with E-state index in [1.807, 2.05) is 0 Å². The third-order valence-corrected chi connectivity index (χ3v) is 4.93. The summed E-state index contributed by atoms with van der Waals surface area (Å²) in [5, 5.41) is 10.0. The van der Waals surface area contributed by atoms with Crippen molar-refractivity contribution in [3.63, 3.8) is 0 Å². The summed E-state index contributed by atoms with van der Waals surface area (Å²) in [5.41, 5.74) is 0.371. The summed E-state index contributed by atoms with van der Waals surface area (Å²) in [5.74, 6) is 0.315. The van der Waals surface area contributed by atoms with Crippen molar-refractivity contribution in [2.24, 2.45) is 0 Å². The fourth-order valence-electron chi connectivity index (χ4n) is 3.23. The molecule has 1 aromatic carbocycles. The highest BCUT2D eigenvalue weighted by atomic mass is 16.5. The molecule has 0 unspecified atom stereocenters. The Morgan fingerprint density at radius 1 is 0.926 bits per heavy atom. The van der Waals surface area contributed by atoms with Crippen LogP contribution in [0, 0.1) is 0 Å². The topological polar surface area (TPSA) is 46.5 Å². The van der Waals surface area contributed by atoms with E-state index in [4.69, 9.17) is 4.74 Å². The highest BCUT2D eigenvalue weighted by Gasteiger charge is 2.14. The molecule has 27 heavy (non-hydrogen) atoms. The van der Waals surface area contributed by atoms with E-state index in [-0.39, 0.29) is 11.5 Å². The molecule has 0 aliphatic heterocycles. The first-order chi connectivity index (χ1) is 13.2. The van der Waals surface area contributed by atoms with Crippen LogP contribution in [0.5, 0.6) is 11.5 Å². The Hall–Kier alpha value is -1.77. The number of allylic oxidation sites excluding steroid dienone is 2. The van der Waals surface area contributed by atoms with Gasteiger partial charge in [-0.25, -0.2) is 0 Å². The zero-order valence-corrected chi connectivity index (χ0v) is 17.3. The number of carbonyl (C=O) groups excluding carboxylic acids is 1. The molecule has 1 rings (SSSR count). The number of ether oxygens (including phenoxy) is 1. The molecule has 0 spiro atoms. The van der Waals surface area contributed by atoms with E-state index < -0.39 is 0 Å². The lowest BCUT2D eigenvalue weighted by molar-refractivity contribution is 0.0976. The highest BCUT2D eigenvalue weighted by Crippen LogP contribution is 2.30. The standard InChI is InChI=1S/C24H38O3/c1-3-4-5-6-7-8-9-10-11-12-13-14-15-16-19-22(25)21-18-17-20-23(27-2)24(21)26/h8-9,17-18,20,26H,3-7,10-16,19H2,1-2H3/b9-8-. The van der Waals surface area contributed by atoms with Crippen LogP contribution < -0.4 is 4.74 Å². The molecule has 0 radical (unpaired) electrons. The van der Waals surface area contributed by atoms with E-state index >= 15 is 0 Å². The number of aromatic hydroxyl groups is 1. The zero-order chi connectivity index (χ0) is 19.7. The van der Waals surface area contributed by atoms with Gasteiger partial charge in [-0.2, -0.15) is 0 Å². The molecule has 0 heterocycles. The fraction of sp³-hybridized carbons (Fsp3) is 0.625.